The fourth-order valence-electron chi connectivity index (χ4n) is 2.55. The summed E-state index contributed by atoms with van der Waals surface area (Å²) >= 11 is 0. The Morgan fingerprint density at radius 3 is 2.58 bits per heavy atom. The number of hydrogen-bond donors (Lipinski definition) is 1. The van der Waals surface area contributed by atoms with E-state index in [0.29, 0.717) is 13.1 Å². The molecule has 19 heavy (non-hydrogen) atoms. The number of carbonyl (C=O) groups excluding carboxylic acids is 1. The molecule has 1 heterocycles. The molecule has 0 aliphatic carbocycles. The van der Waals surface area contributed by atoms with Crippen molar-refractivity contribution in [2.24, 2.45) is 5.92 Å². The molecule has 4 heteroatoms. The standard InChI is InChI=1S/C15H19NO3/c1-11-3-2-4-13(9-11)15(19)16-7-5-12(6-8-16)10-14(17)18/h2-4,9,12H,5-8,10H2,1H3,(H,17,18). The van der Waals surface area contributed by atoms with E-state index in [1.165, 1.54) is 0 Å². The molecule has 1 aliphatic heterocycles. The van der Waals surface area contributed by atoms with E-state index in [2.05, 4.69) is 0 Å². The zero-order valence-electron chi connectivity index (χ0n) is 11.1. The molecule has 102 valence electrons. The average molecular weight is 261 g/mol. The largest absolute Gasteiger partial charge is 0.481 e. The van der Waals surface area contributed by atoms with Crippen molar-refractivity contribution in [2.75, 3.05) is 13.1 Å². The molecule has 1 saturated heterocycles. The van der Waals surface area contributed by atoms with Gasteiger partial charge in [-0.1, -0.05) is 17.7 Å². The van der Waals surface area contributed by atoms with Gasteiger partial charge in [0, 0.05) is 25.1 Å². The molecule has 0 saturated carbocycles. The number of hydrogen-bond acceptors (Lipinski definition) is 2. The van der Waals surface area contributed by atoms with Gasteiger partial charge in [0.2, 0.25) is 0 Å². The van der Waals surface area contributed by atoms with Crippen molar-refractivity contribution in [3.8, 4) is 0 Å². The van der Waals surface area contributed by atoms with Gasteiger partial charge in [-0.25, -0.2) is 0 Å². The molecule has 0 radical (unpaired) electrons. The highest BCUT2D eigenvalue weighted by Gasteiger charge is 2.24. The number of likely N-dealkylation sites (tertiary alicyclic amines) is 1. The third-order valence-corrected chi connectivity index (χ3v) is 3.63. The van der Waals surface area contributed by atoms with Crippen LogP contribution >= 0.6 is 0 Å². The van der Waals surface area contributed by atoms with E-state index in [1.807, 2.05) is 36.1 Å². The molecule has 0 spiro atoms. The average Bonchev–Trinajstić information content (AvgIpc) is 2.38. The molecule has 0 unspecified atom stereocenters. The molecular weight excluding hydrogens is 242 g/mol. The first-order valence-corrected chi connectivity index (χ1v) is 6.64. The second kappa shape index (κ2) is 5.87. The van der Waals surface area contributed by atoms with Crippen LogP contribution < -0.4 is 0 Å². The molecule has 1 aromatic rings. The number of aliphatic carboxylic acids is 1. The minimum absolute atomic E-state index is 0.0532. The lowest BCUT2D eigenvalue weighted by Crippen LogP contribution is -2.38. The van der Waals surface area contributed by atoms with Crippen LogP contribution in [0.3, 0.4) is 0 Å². The van der Waals surface area contributed by atoms with Crippen molar-refractivity contribution < 1.29 is 14.7 Å². The summed E-state index contributed by atoms with van der Waals surface area (Å²) in [5.74, 6) is -0.486. The van der Waals surface area contributed by atoms with Gasteiger partial charge in [-0.05, 0) is 37.8 Å². The van der Waals surface area contributed by atoms with Crippen LogP contribution in [-0.4, -0.2) is 35.0 Å². The summed E-state index contributed by atoms with van der Waals surface area (Å²) < 4.78 is 0. The van der Waals surface area contributed by atoms with Gasteiger partial charge in [0.15, 0.2) is 0 Å². The molecular formula is C15H19NO3. The number of carboxylic acids is 1. The van der Waals surface area contributed by atoms with E-state index in [1.54, 1.807) is 0 Å². The van der Waals surface area contributed by atoms with Gasteiger partial charge in [0.1, 0.15) is 0 Å². The summed E-state index contributed by atoms with van der Waals surface area (Å²) in [7, 11) is 0. The zero-order chi connectivity index (χ0) is 13.8. The van der Waals surface area contributed by atoms with Crippen molar-refractivity contribution in [3.63, 3.8) is 0 Å². The Morgan fingerprint density at radius 2 is 2.00 bits per heavy atom. The van der Waals surface area contributed by atoms with Crippen LogP contribution in [0.1, 0.15) is 35.2 Å². The van der Waals surface area contributed by atoms with Gasteiger partial charge in [0.25, 0.3) is 5.91 Å². The van der Waals surface area contributed by atoms with Gasteiger partial charge in [0.05, 0.1) is 0 Å². The van der Waals surface area contributed by atoms with E-state index in [9.17, 15) is 9.59 Å². The number of rotatable bonds is 3. The van der Waals surface area contributed by atoms with E-state index in [4.69, 9.17) is 5.11 Å². The first-order valence-electron chi connectivity index (χ1n) is 6.64. The summed E-state index contributed by atoms with van der Waals surface area (Å²) in [4.78, 5) is 24.8. The fraction of sp³-hybridized carbons (Fsp3) is 0.467. The quantitative estimate of drug-likeness (QED) is 0.908. The molecule has 2 rings (SSSR count). The Labute approximate surface area is 113 Å². The summed E-state index contributed by atoms with van der Waals surface area (Å²) in [5, 5.41) is 8.77. The summed E-state index contributed by atoms with van der Waals surface area (Å²) in [6.07, 6.45) is 1.78. The summed E-state index contributed by atoms with van der Waals surface area (Å²) in [6.45, 7) is 3.28. The Morgan fingerprint density at radius 1 is 1.32 bits per heavy atom. The molecule has 4 nitrogen and oxygen atoms in total. The van der Waals surface area contributed by atoms with Crippen LogP contribution in [0.25, 0.3) is 0 Å². The number of nitrogens with zero attached hydrogens (tertiary/aromatic N) is 1. The van der Waals surface area contributed by atoms with Gasteiger partial charge < -0.3 is 10.0 Å². The second-order valence-electron chi connectivity index (χ2n) is 5.20. The molecule has 1 amide bonds. The number of piperidine rings is 1. The van der Waals surface area contributed by atoms with Gasteiger partial charge >= 0.3 is 5.97 Å². The smallest absolute Gasteiger partial charge is 0.303 e. The SMILES string of the molecule is Cc1cccc(C(=O)N2CCC(CC(=O)O)CC2)c1. The van der Waals surface area contributed by atoms with Crippen molar-refractivity contribution in [2.45, 2.75) is 26.2 Å². The zero-order valence-corrected chi connectivity index (χ0v) is 11.1. The van der Waals surface area contributed by atoms with Gasteiger partial charge in [-0.2, -0.15) is 0 Å². The predicted octanol–water partition coefficient (Wildman–Crippen LogP) is 2.32. The Bertz CT molecular complexity index is 476. The third-order valence-electron chi connectivity index (χ3n) is 3.63. The molecule has 1 fully saturated rings. The van der Waals surface area contributed by atoms with E-state index >= 15 is 0 Å². The highest BCUT2D eigenvalue weighted by atomic mass is 16.4. The number of amides is 1. The molecule has 0 atom stereocenters. The highest BCUT2D eigenvalue weighted by Crippen LogP contribution is 2.22. The van der Waals surface area contributed by atoms with Crippen LogP contribution in [0.15, 0.2) is 24.3 Å². The molecule has 1 aromatic carbocycles. The van der Waals surface area contributed by atoms with E-state index in [0.717, 1.165) is 24.0 Å². The highest BCUT2D eigenvalue weighted by molar-refractivity contribution is 5.94. The van der Waals surface area contributed by atoms with Crippen LogP contribution in [0.2, 0.25) is 0 Å². The van der Waals surface area contributed by atoms with Crippen LogP contribution in [-0.2, 0) is 4.79 Å². The monoisotopic (exact) mass is 261 g/mol. The topological polar surface area (TPSA) is 57.6 Å². The van der Waals surface area contributed by atoms with Crippen LogP contribution in [0, 0.1) is 12.8 Å². The fourth-order valence-corrected chi connectivity index (χ4v) is 2.55. The minimum Gasteiger partial charge on any atom is -0.481 e. The van der Waals surface area contributed by atoms with Crippen molar-refractivity contribution in [1.29, 1.82) is 0 Å². The maximum atomic E-state index is 12.3. The maximum absolute atomic E-state index is 12.3. The summed E-state index contributed by atoms with van der Waals surface area (Å²) in [6, 6.07) is 7.58. The summed E-state index contributed by atoms with van der Waals surface area (Å²) in [5.41, 5.74) is 1.79. The van der Waals surface area contributed by atoms with Crippen LogP contribution in [0.4, 0.5) is 0 Å². The molecule has 0 bridgehead atoms. The number of aryl methyl sites for hydroxylation is 1. The van der Waals surface area contributed by atoms with Crippen molar-refractivity contribution >= 4 is 11.9 Å². The van der Waals surface area contributed by atoms with Crippen molar-refractivity contribution in [1.82, 2.24) is 4.90 Å². The lowest BCUT2D eigenvalue weighted by Gasteiger charge is -2.31. The predicted molar refractivity (Wildman–Crippen MR) is 72.1 cm³/mol. The van der Waals surface area contributed by atoms with Gasteiger partial charge in [-0.3, -0.25) is 9.59 Å². The first-order chi connectivity index (χ1) is 9.06. The Balaban J connectivity index is 1.94. The third kappa shape index (κ3) is 3.56. The minimum atomic E-state index is -0.747. The first kappa shape index (κ1) is 13.6. The lowest BCUT2D eigenvalue weighted by atomic mass is 9.93. The van der Waals surface area contributed by atoms with E-state index in [-0.39, 0.29) is 18.2 Å². The van der Waals surface area contributed by atoms with E-state index < -0.39 is 5.97 Å². The molecule has 1 N–H and O–H groups in total. The lowest BCUT2D eigenvalue weighted by molar-refractivity contribution is -0.138. The number of benzene rings is 1. The maximum Gasteiger partial charge on any atom is 0.303 e. The van der Waals surface area contributed by atoms with Crippen LogP contribution in [0.5, 0.6) is 0 Å². The van der Waals surface area contributed by atoms with Crippen molar-refractivity contribution in [3.05, 3.63) is 35.4 Å². The second-order valence-corrected chi connectivity index (χ2v) is 5.20. The molecule has 1 aliphatic rings. The Kier molecular flexibility index (Phi) is 4.20. The molecule has 0 aromatic heterocycles. The van der Waals surface area contributed by atoms with Gasteiger partial charge in [-0.15, -0.1) is 0 Å². The Hall–Kier alpha value is -1.84. The number of carboxylic acid groups (broad SMARTS) is 1. The normalized spacial score (nSPS) is 16.4. The number of carbonyl (C=O) groups is 2.